The van der Waals surface area contributed by atoms with Crippen molar-refractivity contribution in [3.05, 3.63) is 0 Å². The SMILES string of the molecule is CC(C)CCN(CC1(CO)CCOC1)C1CC1. The summed E-state index contributed by atoms with van der Waals surface area (Å²) in [6.07, 6.45) is 4.98. The van der Waals surface area contributed by atoms with Crippen molar-refractivity contribution in [3.8, 4) is 0 Å². The van der Waals surface area contributed by atoms with Crippen LogP contribution < -0.4 is 0 Å². The summed E-state index contributed by atoms with van der Waals surface area (Å²) in [4.78, 5) is 2.60. The molecule has 1 unspecified atom stereocenters. The molecule has 3 nitrogen and oxygen atoms in total. The lowest BCUT2D eigenvalue weighted by atomic mass is 9.87. The molecule has 2 fully saturated rings. The summed E-state index contributed by atoms with van der Waals surface area (Å²) < 4.78 is 5.49. The molecule has 0 radical (unpaired) electrons. The molecular formula is C14H27NO2. The maximum Gasteiger partial charge on any atom is 0.0557 e. The molecule has 0 spiro atoms. The van der Waals surface area contributed by atoms with Crippen LogP contribution in [-0.4, -0.2) is 49.0 Å². The third-order valence-electron chi connectivity index (χ3n) is 4.12. The fourth-order valence-corrected chi connectivity index (χ4v) is 2.63. The molecule has 0 aromatic carbocycles. The Hall–Kier alpha value is -0.120. The average Bonchev–Trinajstić information content (AvgIpc) is 3.05. The number of hydrogen-bond acceptors (Lipinski definition) is 3. The van der Waals surface area contributed by atoms with Gasteiger partial charge in [-0.2, -0.15) is 0 Å². The van der Waals surface area contributed by atoms with E-state index in [1.807, 2.05) is 0 Å². The van der Waals surface area contributed by atoms with Crippen LogP contribution in [-0.2, 0) is 4.74 Å². The summed E-state index contributed by atoms with van der Waals surface area (Å²) in [5.74, 6) is 0.765. The van der Waals surface area contributed by atoms with Gasteiger partial charge in [-0.25, -0.2) is 0 Å². The Morgan fingerprint density at radius 2 is 2.18 bits per heavy atom. The van der Waals surface area contributed by atoms with E-state index in [-0.39, 0.29) is 12.0 Å². The van der Waals surface area contributed by atoms with Crippen LogP contribution in [0.3, 0.4) is 0 Å². The minimum atomic E-state index is 0.0274. The van der Waals surface area contributed by atoms with E-state index in [1.165, 1.54) is 25.8 Å². The van der Waals surface area contributed by atoms with Crippen LogP contribution in [0.1, 0.15) is 39.5 Å². The maximum absolute atomic E-state index is 9.64. The molecule has 1 aliphatic carbocycles. The van der Waals surface area contributed by atoms with Crippen molar-refractivity contribution in [2.75, 3.05) is 32.9 Å². The zero-order chi connectivity index (χ0) is 12.3. The van der Waals surface area contributed by atoms with Crippen LogP contribution in [0.4, 0.5) is 0 Å². The van der Waals surface area contributed by atoms with Gasteiger partial charge in [0.15, 0.2) is 0 Å². The number of rotatable bonds is 7. The Labute approximate surface area is 105 Å². The van der Waals surface area contributed by atoms with Gasteiger partial charge in [0.25, 0.3) is 0 Å². The van der Waals surface area contributed by atoms with E-state index in [1.54, 1.807) is 0 Å². The maximum atomic E-state index is 9.64. The average molecular weight is 241 g/mol. The van der Waals surface area contributed by atoms with Crippen molar-refractivity contribution in [1.82, 2.24) is 4.90 Å². The zero-order valence-corrected chi connectivity index (χ0v) is 11.3. The van der Waals surface area contributed by atoms with Gasteiger partial charge in [0, 0.05) is 24.6 Å². The highest BCUT2D eigenvalue weighted by Gasteiger charge is 2.39. The first-order valence-electron chi connectivity index (χ1n) is 7.08. The second kappa shape index (κ2) is 5.68. The number of ether oxygens (including phenoxy) is 1. The van der Waals surface area contributed by atoms with Crippen LogP contribution in [0, 0.1) is 11.3 Å². The van der Waals surface area contributed by atoms with E-state index in [9.17, 15) is 5.11 Å². The molecular weight excluding hydrogens is 214 g/mol. The number of nitrogens with zero attached hydrogens (tertiary/aromatic N) is 1. The Morgan fingerprint density at radius 1 is 1.41 bits per heavy atom. The smallest absolute Gasteiger partial charge is 0.0557 e. The summed E-state index contributed by atoms with van der Waals surface area (Å²) in [5, 5.41) is 9.64. The van der Waals surface area contributed by atoms with Crippen LogP contribution >= 0.6 is 0 Å². The second-order valence-corrected chi connectivity index (χ2v) is 6.34. The molecule has 0 amide bonds. The topological polar surface area (TPSA) is 32.7 Å². The molecule has 2 rings (SSSR count). The first-order valence-corrected chi connectivity index (χ1v) is 7.08. The van der Waals surface area contributed by atoms with Gasteiger partial charge in [-0.05, 0) is 38.1 Å². The van der Waals surface area contributed by atoms with Crippen molar-refractivity contribution in [2.45, 2.75) is 45.6 Å². The van der Waals surface area contributed by atoms with Crippen molar-refractivity contribution >= 4 is 0 Å². The zero-order valence-electron chi connectivity index (χ0n) is 11.3. The van der Waals surface area contributed by atoms with E-state index < -0.39 is 0 Å². The third-order valence-corrected chi connectivity index (χ3v) is 4.12. The first-order chi connectivity index (χ1) is 8.15. The lowest BCUT2D eigenvalue weighted by Crippen LogP contribution is -2.42. The molecule has 1 heterocycles. The summed E-state index contributed by atoms with van der Waals surface area (Å²) in [7, 11) is 0. The molecule has 17 heavy (non-hydrogen) atoms. The van der Waals surface area contributed by atoms with E-state index in [4.69, 9.17) is 4.74 Å². The highest BCUT2D eigenvalue weighted by molar-refractivity contribution is 4.92. The van der Waals surface area contributed by atoms with Crippen LogP contribution in [0.5, 0.6) is 0 Å². The number of aliphatic hydroxyl groups excluding tert-OH is 1. The lowest BCUT2D eigenvalue weighted by molar-refractivity contribution is 0.0524. The van der Waals surface area contributed by atoms with Crippen molar-refractivity contribution in [2.24, 2.45) is 11.3 Å². The third kappa shape index (κ3) is 3.67. The molecule has 2 aliphatic rings. The Kier molecular flexibility index (Phi) is 4.45. The molecule has 1 saturated carbocycles. The van der Waals surface area contributed by atoms with Crippen molar-refractivity contribution in [3.63, 3.8) is 0 Å². The predicted molar refractivity (Wildman–Crippen MR) is 69.0 cm³/mol. The monoisotopic (exact) mass is 241 g/mol. The van der Waals surface area contributed by atoms with Gasteiger partial charge in [0.05, 0.1) is 13.2 Å². The standard InChI is InChI=1S/C14H27NO2/c1-12(2)5-7-15(13-3-4-13)9-14(10-16)6-8-17-11-14/h12-13,16H,3-11H2,1-2H3. The van der Waals surface area contributed by atoms with Crippen LogP contribution in [0.25, 0.3) is 0 Å². The molecule has 0 aromatic rings. The van der Waals surface area contributed by atoms with E-state index >= 15 is 0 Å². The van der Waals surface area contributed by atoms with Gasteiger partial charge in [0.2, 0.25) is 0 Å². The minimum absolute atomic E-state index is 0.0274. The van der Waals surface area contributed by atoms with E-state index in [2.05, 4.69) is 18.7 Å². The summed E-state index contributed by atoms with van der Waals surface area (Å²) in [5.41, 5.74) is 0.0274. The fourth-order valence-electron chi connectivity index (χ4n) is 2.63. The quantitative estimate of drug-likeness (QED) is 0.739. The molecule has 1 atom stereocenters. The number of aliphatic hydroxyl groups is 1. The van der Waals surface area contributed by atoms with Gasteiger partial charge in [0.1, 0.15) is 0 Å². The molecule has 1 aliphatic heterocycles. The van der Waals surface area contributed by atoms with Gasteiger partial charge in [-0.15, -0.1) is 0 Å². The molecule has 100 valence electrons. The fraction of sp³-hybridized carbons (Fsp3) is 1.00. The van der Waals surface area contributed by atoms with Crippen molar-refractivity contribution < 1.29 is 9.84 Å². The summed E-state index contributed by atoms with van der Waals surface area (Å²) >= 11 is 0. The molecule has 1 N–H and O–H groups in total. The predicted octanol–water partition coefficient (Wildman–Crippen LogP) is 1.90. The molecule has 0 aromatic heterocycles. The molecule has 0 bridgehead atoms. The normalized spacial score (nSPS) is 29.5. The van der Waals surface area contributed by atoms with Gasteiger partial charge < -0.3 is 9.84 Å². The summed E-state index contributed by atoms with van der Waals surface area (Å²) in [6.45, 7) is 8.62. The molecule has 1 saturated heterocycles. The largest absolute Gasteiger partial charge is 0.396 e. The Morgan fingerprint density at radius 3 is 2.65 bits per heavy atom. The van der Waals surface area contributed by atoms with E-state index in [0.29, 0.717) is 0 Å². The highest BCUT2D eigenvalue weighted by atomic mass is 16.5. The van der Waals surface area contributed by atoms with Crippen molar-refractivity contribution in [1.29, 1.82) is 0 Å². The Balaban J connectivity index is 1.87. The van der Waals surface area contributed by atoms with Gasteiger partial charge in [-0.1, -0.05) is 13.8 Å². The van der Waals surface area contributed by atoms with Crippen LogP contribution in [0.15, 0.2) is 0 Å². The highest BCUT2D eigenvalue weighted by Crippen LogP contribution is 2.34. The Bertz CT molecular complexity index is 232. The minimum Gasteiger partial charge on any atom is -0.396 e. The number of hydrogen-bond donors (Lipinski definition) is 1. The van der Waals surface area contributed by atoms with E-state index in [0.717, 1.165) is 38.1 Å². The first kappa shape index (κ1) is 13.3. The molecule has 3 heteroatoms. The summed E-state index contributed by atoms with van der Waals surface area (Å²) in [6, 6.07) is 0.790. The van der Waals surface area contributed by atoms with Crippen LogP contribution in [0.2, 0.25) is 0 Å². The van der Waals surface area contributed by atoms with Gasteiger partial charge >= 0.3 is 0 Å². The van der Waals surface area contributed by atoms with Gasteiger partial charge in [-0.3, -0.25) is 4.90 Å². The second-order valence-electron chi connectivity index (χ2n) is 6.34. The lowest BCUT2D eigenvalue weighted by Gasteiger charge is -2.33.